The van der Waals surface area contributed by atoms with Crippen LogP contribution in [0, 0.1) is 6.92 Å². The van der Waals surface area contributed by atoms with Crippen LogP contribution >= 0.6 is 0 Å². The van der Waals surface area contributed by atoms with Crippen molar-refractivity contribution < 1.29 is 35.4 Å². The van der Waals surface area contributed by atoms with Gasteiger partial charge in [0.1, 0.15) is 24.4 Å². The van der Waals surface area contributed by atoms with Crippen LogP contribution < -0.4 is 5.32 Å². The SMILES string of the molecule is Cc1ccc(NC(=O)[C@H](O)[C@H](O)[C@H](O)[C@@H](O)[C@H](O)CO)cc1. The maximum atomic E-state index is 11.8. The molecule has 1 aromatic rings. The molecule has 0 bridgehead atoms. The van der Waals surface area contributed by atoms with Crippen molar-refractivity contribution in [2.24, 2.45) is 0 Å². The van der Waals surface area contributed by atoms with E-state index in [-0.39, 0.29) is 0 Å². The van der Waals surface area contributed by atoms with Crippen LogP contribution in [0.3, 0.4) is 0 Å². The fraction of sp³-hybridized carbons (Fsp3) is 0.500. The van der Waals surface area contributed by atoms with Crippen molar-refractivity contribution in [1.82, 2.24) is 0 Å². The summed E-state index contributed by atoms with van der Waals surface area (Å²) in [6.45, 7) is 1.00. The average Bonchev–Trinajstić information content (AvgIpc) is 2.53. The molecule has 0 spiro atoms. The van der Waals surface area contributed by atoms with Gasteiger partial charge < -0.3 is 36.0 Å². The first kappa shape index (κ1) is 18.5. The number of carbonyl (C=O) groups is 1. The molecular formula is C14H21NO7. The molecule has 0 saturated carbocycles. The Balaban J connectivity index is 2.66. The topological polar surface area (TPSA) is 150 Å². The quantitative estimate of drug-likeness (QED) is 0.300. The van der Waals surface area contributed by atoms with E-state index in [1.54, 1.807) is 24.3 Å². The third kappa shape index (κ3) is 4.73. The fourth-order valence-corrected chi connectivity index (χ4v) is 1.73. The smallest absolute Gasteiger partial charge is 0.256 e. The molecule has 0 aliphatic carbocycles. The summed E-state index contributed by atoms with van der Waals surface area (Å²) in [6, 6.07) is 6.64. The molecule has 0 heterocycles. The van der Waals surface area contributed by atoms with Crippen LogP contribution in [0.15, 0.2) is 24.3 Å². The van der Waals surface area contributed by atoms with Gasteiger partial charge in [-0.25, -0.2) is 0 Å². The Hall–Kier alpha value is -1.55. The molecule has 0 unspecified atom stereocenters. The van der Waals surface area contributed by atoms with E-state index in [4.69, 9.17) is 5.11 Å². The van der Waals surface area contributed by atoms with Gasteiger partial charge >= 0.3 is 0 Å². The Morgan fingerprint density at radius 1 is 1.00 bits per heavy atom. The largest absolute Gasteiger partial charge is 0.394 e. The maximum Gasteiger partial charge on any atom is 0.256 e. The van der Waals surface area contributed by atoms with Gasteiger partial charge in [-0.2, -0.15) is 0 Å². The van der Waals surface area contributed by atoms with E-state index in [1.165, 1.54) is 0 Å². The van der Waals surface area contributed by atoms with Crippen molar-refractivity contribution in [3.05, 3.63) is 29.8 Å². The monoisotopic (exact) mass is 315 g/mol. The van der Waals surface area contributed by atoms with Crippen LogP contribution in [0.1, 0.15) is 5.56 Å². The first-order valence-electron chi connectivity index (χ1n) is 6.66. The van der Waals surface area contributed by atoms with Crippen LogP contribution in [-0.2, 0) is 4.79 Å². The van der Waals surface area contributed by atoms with Crippen LogP contribution in [0.4, 0.5) is 5.69 Å². The molecule has 1 aromatic carbocycles. The van der Waals surface area contributed by atoms with Crippen molar-refractivity contribution in [1.29, 1.82) is 0 Å². The van der Waals surface area contributed by atoms with Crippen LogP contribution in [-0.4, -0.2) is 73.7 Å². The minimum absolute atomic E-state index is 0.382. The van der Waals surface area contributed by atoms with Gasteiger partial charge in [-0.05, 0) is 19.1 Å². The summed E-state index contributed by atoms with van der Waals surface area (Å²) >= 11 is 0. The lowest BCUT2D eigenvalue weighted by Crippen LogP contribution is -2.52. The molecule has 0 aliphatic rings. The highest BCUT2D eigenvalue weighted by Crippen LogP contribution is 2.12. The number of nitrogens with one attached hydrogen (secondary N) is 1. The number of rotatable bonds is 7. The predicted octanol–water partition coefficient (Wildman–Crippen LogP) is -2.27. The second-order valence-corrected chi connectivity index (χ2v) is 5.02. The number of aliphatic hydroxyl groups is 6. The Kier molecular flexibility index (Phi) is 6.88. The zero-order valence-electron chi connectivity index (χ0n) is 12.0. The summed E-state index contributed by atoms with van der Waals surface area (Å²) in [5, 5.41) is 58.6. The van der Waals surface area contributed by atoms with Gasteiger partial charge in [0.2, 0.25) is 0 Å². The number of aryl methyl sites for hydroxylation is 1. The van der Waals surface area contributed by atoms with E-state index in [2.05, 4.69) is 5.32 Å². The van der Waals surface area contributed by atoms with E-state index >= 15 is 0 Å². The van der Waals surface area contributed by atoms with Crippen molar-refractivity contribution >= 4 is 11.6 Å². The molecule has 0 saturated heterocycles. The number of hydrogen-bond acceptors (Lipinski definition) is 7. The van der Waals surface area contributed by atoms with E-state index < -0.39 is 43.0 Å². The van der Waals surface area contributed by atoms with Gasteiger partial charge in [-0.15, -0.1) is 0 Å². The highest BCUT2D eigenvalue weighted by Gasteiger charge is 2.37. The molecule has 7 N–H and O–H groups in total. The Morgan fingerprint density at radius 3 is 2.05 bits per heavy atom. The zero-order valence-corrected chi connectivity index (χ0v) is 12.0. The normalized spacial score (nSPS) is 18.1. The van der Waals surface area contributed by atoms with E-state index in [0.717, 1.165) is 5.56 Å². The Morgan fingerprint density at radius 2 is 1.55 bits per heavy atom. The van der Waals surface area contributed by atoms with E-state index in [0.29, 0.717) is 5.69 Å². The highest BCUT2D eigenvalue weighted by atomic mass is 16.4. The van der Waals surface area contributed by atoms with E-state index in [1.807, 2.05) is 6.92 Å². The second-order valence-electron chi connectivity index (χ2n) is 5.02. The summed E-state index contributed by atoms with van der Waals surface area (Å²) in [4.78, 5) is 11.8. The van der Waals surface area contributed by atoms with Gasteiger partial charge in [0, 0.05) is 5.69 Å². The number of hydrogen-bond donors (Lipinski definition) is 7. The molecule has 0 aliphatic heterocycles. The third-order valence-electron chi connectivity index (χ3n) is 3.19. The lowest BCUT2D eigenvalue weighted by atomic mass is 9.99. The summed E-state index contributed by atoms with van der Waals surface area (Å²) in [5.41, 5.74) is 1.35. The zero-order chi connectivity index (χ0) is 16.9. The van der Waals surface area contributed by atoms with Crippen LogP contribution in [0.25, 0.3) is 0 Å². The van der Waals surface area contributed by atoms with E-state index in [9.17, 15) is 30.3 Å². The first-order chi connectivity index (χ1) is 10.3. The fourth-order valence-electron chi connectivity index (χ4n) is 1.73. The predicted molar refractivity (Wildman–Crippen MR) is 76.9 cm³/mol. The molecule has 124 valence electrons. The molecule has 0 radical (unpaired) electrons. The molecule has 1 rings (SSSR count). The number of aliphatic hydroxyl groups excluding tert-OH is 6. The summed E-state index contributed by atoms with van der Waals surface area (Å²) in [6.07, 6.45) is -9.71. The van der Waals surface area contributed by atoms with Gasteiger partial charge in [0.25, 0.3) is 5.91 Å². The summed E-state index contributed by atoms with van der Waals surface area (Å²) in [5.74, 6) is -0.985. The average molecular weight is 315 g/mol. The number of amides is 1. The molecular weight excluding hydrogens is 294 g/mol. The minimum atomic E-state index is -2.04. The summed E-state index contributed by atoms with van der Waals surface area (Å²) < 4.78 is 0. The molecule has 8 nitrogen and oxygen atoms in total. The van der Waals surface area contributed by atoms with Crippen molar-refractivity contribution in [3.63, 3.8) is 0 Å². The number of carbonyl (C=O) groups excluding carboxylic acids is 1. The summed E-state index contributed by atoms with van der Waals surface area (Å²) in [7, 11) is 0. The van der Waals surface area contributed by atoms with Gasteiger partial charge in [0.15, 0.2) is 6.10 Å². The standard InChI is InChI=1S/C14H21NO7/c1-7-2-4-8(5-3-7)15-14(22)13(21)12(20)11(19)10(18)9(17)6-16/h2-5,9-13,16-21H,6H2,1H3,(H,15,22)/t9-,10+,11-,12-,13-/m1/s1. The van der Waals surface area contributed by atoms with Crippen molar-refractivity contribution in [3.8, 4) is 0 Å². The molecule has 1 amide bonds. The van der Waals surface area contributed by atoms with Gasteiger partial charge in [0.05, 0.1) is 6.61 Å². The van der Waals surface area contributed by atoms with Gasteiger partial charge in [-0.1, -0.05) is 17.7 Å². The third-order valence-corrected chi connectivity index (χ3v) is 3.19. The molecule has 5 atom stereocenters. The van der Waals surface area contributed by atoms with Crippen LogP contribution in [0.5, 0.6) is 0 Å². The van der Waals surface area contributed by atoms with Crippen molar-refractivity contribution in [2.75, 3.05) is 11.9 Å². The van der Waals surface area contributed by atoms with Crippen LogP contribution in [0.2, 0.25) is 0 Å². The minimum Gasteiger partial charge on any atom is -0.394 e. The first-order valence-corrected chi connectivity index (χ1v) is 6.66. The maximum absolute atomic E-state index is 11.8. The highest BCUT2D eigenvalue weighted by molar-refractivity contribution is 5.94. The molecule has 8 heteroatoms. The molecule has 22 heavy (non-hydrogen) atoms. The Bertz CT molecular complexity index is 479. The lowest BCUT2D eigenvalue weighted by Gasteiger charge is -2.27. The number of anilines is 1. The van der Waals surface area contributed by atoms with Gasteiger partial charge in [-0.3, -0.25) is 4.79 Å². The van der Waals surface area contributed by atoms with Crippen molar-refractivity contribution in [2.45, 2.75) is 37.4 Å². The Labute approximate surface area is 127 Å². The molecule has 0 aromatic heterocycles. The lowest BCUT2D eigenvalue weighted by molar-refractivity contribution is -0.153. The second kappa shape index (κ2) is 8.18. The molecule has 0 fully saturated rings. The number of benzene rings is 1.